The molecule has 0 saturated carbocycles. The van der Waals surface area contributed by atoms with Crippen LogP contribution in [-0.2, 0) is 4.79 Å². The number of nitro benzene ring substituents is 1. The Balaban J connectivity index is 2.82. The summed E-state index contributed by atoms with van der Waals surface area (Å²) in [6.07, 6.45) is 0. The van der Waals surface area contributed by atoms with Gasteiger partial charge in [0.15, 0.2) is 0 Å². The number of rotatable bonds is 4. The van der Waals surface area contributed by atoms with Gasteiger partial charge < -0.3 is 16.8 Å². The molecule has 0 unspecified atom stereocenters. The summed E-state index contributed by atoms with van der Waals surface area (Å²) in [5, 5.41) is 13.1. The maximum atomic E-state index is 10.5. The van der Waals surface area contributed by atoms with Gasteiger partial charge in [-0.1, -0.05) is 0 Å². The molecule has 0 spiro atoms. The lowest BCUT2D eigenvalue weighted by Crippen LogP contribution is -2.21. The Kier molecular flexibility index (Phi) is 3.06. The van der Waals surface area contributed by atoms with E-state index >= 15 is 0 Å². The summed E-state index contributed by atoms with van der Waals surface area (Å²) in [4.78, 5) is 20.3. The number of nitrogens with two attached hydrogens (primary N) is 2. The molecule has 15 heavy (non-hydrogen) atoms. The van der Waals surface area contributed by atoms with Gasteiger partial charge in [-0.3, -0.25) is 14.9 Å². The predicted molar refractivity (Wildman–Crippen MR) is 55.2 cm³/mol. The second-order valence-electron chi connectivity index (χ2n) is 2.85. The Labute approximate surface area is 85.2 Å². The molecule has 7 heteroatoms. The summed E-state index contributed by atoms with van der Waals surface area (Å²) in [5.74, 6) is -0.521. The van der Waals surface area contributed by atoms with Gasteiger partial charge in [0, 0.05) is 11.8 Å². The van der Waals surface area contributed by atoms with Crippen molar-refractivity contribution in [3.05, 3.63) is 28.3 Å². The van der Waals surface area contributed by atoms with E-state index in [1.54, 1.807) is 0 Å². The lowest BCUT2D eigenvalue weighted by atomic mass is 10.2. The minimum Gasteiger partial charge on any atom is -0.393 e. The lowest BCUT2D eigenvalue weighted by Gasteiger charge is -2.04. The Morgan fingerprint density at radius 1 is 1.53 bits per heavy atom. The highest BCUT2D eigenvalue weighted by molar-refractivity contribution is 5.79. The number of hydrogen-bond acceptors (Lipinski definition) is 5. The van der Waals surface area contributed by atoms with Crippen LogP contribution in [0, 0.1) is 10.1 Å². The van der Waals surface area contributed by atoms with Gasteiger partial charge in [-0.25, -0.2) is 0 Å². The van der Waals surface area contributed by atoms with E-state index in [4.69, 9.17) is 11.5 Å². The molecule has 1 amide bonds. The second-order valence-corrected chi connectivity index (χ2v) is 2.85. The van der Waals surface area contributed by atoms with Crippen LogP contribution in [0.25, 0.3) is 0 Å². The fourth-order valence-electron chi connectivity index (χ4n) is 1.02. The lowest BCUT2D eigenvalue weighted by molar-refractivity contribution is -0.383. The zero-order chi connectivity index (χ0) is 11.4. The molecule has 0 saturated heterocycles. The van der Waals surface area contributed by atoms with E-state index in [2.05, 4.69) is 5.32 Å². The highest BCUT2D eigenvalue weighted by Gasteiger charge is 2.10. The third kappa shape index (κ3) is 2.83. The highest BCUT2D eigenvalue weighted by Crippen LogP contribution is 2.24. The van der Waals surface area contributed by atoms with E-state index in [0.29, 0.717) is 5.69 Å². The molecule has 80 valence electrons. The van der Waals surface area contributed by atoms with Crippen molar-refractivity contribution >= 4 is 23.0 Å². The van der Waals surface area contributed by atoms with Crippen molar-refractivity contribution < 1.29 is 9.72 Å². The Hall–Kier alpha value is -2.31. The molecule has 0 aliphatic carbocycles. The van der Waals surface area contributed by atoms with Crippen LogP contribution in [-0.4, -0.2) is 17.4 Å². The average molecular weight is 210 g/mol. The molecule has 1 rings (SSSR count). The average Bonchev–Trinajstić information content (AvgIpc) is 2.14. The molecule has 0 fully saturated rings. The molecular weight excluding hydrogens is 200 g/mol. The number of benzene rings is 1. The number of nitrogens with one attached hydrogen (secondary N) is 1. The number of nitrogens with zero attached hydrogens (tertiary/aromatic N) is 1. The van der Waals surface area contributed by atoms with Crippen LogP contribution in [0.1, 0.15) is 0 Å². The number of nitro groups is 1. The molecule has 0 bridgehead atoms. The number of nitrogen functional groups attached to an aromatic ring is 1. The largest absolute Gasteiger partial charge is 0.393 e. The van der Waals surface area contributed by atoms with E-state index in [1.807, 2.05) is 0 Å². The zero-order valence-electron chi connectivity index (χ0n) is 7.77. The van der Waals surface area contributed by atoms with Gasteiger partial charge in [-0.2, -0.15) is 0 Å². The summed E-state index contributed by atoms with van der Waals surface area (Å²) in [7, 11) is 0. The van der Waals surface area contributed by atoms with Crippen molar-refractivity contribution in [3.63, 3.8) is 0 Å². The third-order valence-corrected chi connectivity index (χ3v) is 1.69. The number of primary amides is 1. The van der Waals surface area contributed by atoms with Gasteiger partial charge in [0.2, 0.25) is 5.91 Å². The molecule has 0 aliphatic heterocycles. The topological polar surface area (TPSA) is 124 Å². The van der Waals surface area contributed by atoms with E-state index in [-0.39, 0.29) is 17.9 Å². The molecule has 0 aliphatic rings. The van der Waals surface area contributed by atoms with Gasteiger partial charge >= 0.3 is 0 Å². The standard InChI is InChI=1S/C8H10N4O3/c9-6-3-5(11-4-8(10)13)1-2-7(6)12(14)15/h1-3,11H,4,9H2,(H2,10,13). The van der Waals surface area contributed by atoms with Crippen molar-refractivity contribution in [1.29, 1.82) is 0 Å². The Morgan fingerprint density at radius 2 is 2.20 bits per heavy atom. The van der Waals surface area contributed by atoms with Gasteiger partial charge in [-0.05, 0) is 12.1 Å². The normalized spacial score (nSPS) is 9.60. The SMILES string of the molecule is NC(=O)CNc1ccc([N+](=O)[O-])c(N)c1. The molecule has 0 radical (unpaired) electrons. The van der Waals surface area contributed by atoms with Crippen LogP contribution < -0.4 is 16.8 Å². The zero-order valence-corrected chi connectivity index (χ0v) is 7.77. The first-order valence-electron chi connectivity index (χ1n) is 4.07. The van der Waals surface area contributed by atoms with E-state index in [1.165, 1.54) is 18.2 Å². The van der Waals surface area contributed by atoms with E-state index in [9.17, 15) is 14.9 Å². The van der Waals surface area contributed by atoms with Crippen LogP contribution in [0.3, 0.4) is 0 Å². The second kappa shape index (κ2) is 4.27. The molecule has 0 atom stereocenters. The minimum absolute atomic E-state index is 0.0365. The smallest absolute Gasteiger partial charge is 0.292 e. The summed E-state index contributed by atoms with van der Waals surface area (Å²) in [6.45, 7) is -0.0444. The van der Waals surface area contributed by atoms with Crippen LogP contribution in [0.4, 0.5) is 17.1 Å². The summed E-state index contributed by atoms with van der Waals surface area (Å²) in [5.41, 5.74) is 10.7. The number of hydrogen-bond donors (Lipinski definition) is 3. The van der Waals surface area contributed by atoms with Crippen molar-refractivity contribution in [3.8, 4) is 0 Å². The first-order chi connectivity index (χ1) is 7.00. The van der Waals surface area contributed by atoms with Crippen LogP contribution in [0.5, 0.6) is 0 Å². The fraction of sp³-hybridized carbons (Fsp3) is 0.125. The van der Waals surface area contributed by atoms with Crippen molar-refractivity contribution in [1.82, 2.24) is 0 Å². The highest BCUT2D eigenvalue weighted by atomic mass is 16.6. The number of amides is 1. The van der Waals surface area contributed by atoms with Crippen molar-refractivity contribution in [2.24, 2.45) is 5.73 Å². The predicted octanol–water partition coefficient (Wildman–Crippen LogP) is 0.0742. The van der Waals surface area contributed by atoms with E-state index in [0.717, 1.165) is 0 Å². The molecular formula is C8H10N4O3. The van der Waals surface area contributed by atoms with Crippen LogP contribution >= 0.6 is 0 Å². The third-order valence-electron chi connectivity index (χ3n) is 1.69. The van der Waals surface area contributed by atoms with Gasteiger partial charge in [0.25, 0.3) is 5.69 Å². The molecule has 1 aromatic rings. The summed E-state index contributed by atoms with van der Waals surface area (Å²) >= 11 is 0. The van der Waals surface area contributed by atoms with Crippen molar-refractivity contribution in [2.75, 3.05) is 17.6 Å². The Morgan fingerprint density at radius 3 is 2.67 bits per heavy atom. The van der Waals surface area contributed by atoms with Crippen LogP contribution in [0.2, 0.25) is 0 Å². The summed E-state index contributed by atoms with van der Waals surface area (Å²) < 4.78 is 0. The number of carbonyl (C=O) groups is 1. The first-order valence-corrected chi connectivity index (χ1v) is 4.07. The molecule has 1 aromatic carbocycles. The first kappa shape index (κ1) is 10.8. The number of anilines is 2. The maximum absolute atomic E-state index is 10.5. The Bertz CT molecular complexity index is 405. The van der Waals surface area contributed by atoms with Gasteiger partial charge in [0.05, 0.1) is 11.5 Å². The number of carbonyl (C=O) groups excluding carboxylic acids is 1. The fourth-order valence-corrected chi connectivity index (χ4v) is 1.02. The quantitative estimate of drug-likeness (QED) is 0.368. The van der Waals surface area contributed by atoms with Crippen LogP contribution in [0.15, 0.2) is 18.2 Å². The van der Waals surface area contributed by atoms with E-state index < -0.39 is 10.8 Å². The van der Waals surface area contributed by atoms with Gasteiger partial charge in [0.1, 0.15) is 5.69 Å². The maximum Gasteiger partial charge on any atom is 0.292 e. The minimum atomic E-state index is -0.576. The van der Waals surface area contributed by atoms with Gasteiger partial charge in [-0.15, -0.1) is 0 Å². The summed E-state index contributed by atoms with van der Waals surface area (Å²) in [6, 6.07) is 4.09. The molecule has 7 nitrogen and oxygen atoms in total. The monoisotopic (exact) mass is 210 g/mol. The van der Waals surface area contributed by atoms with Crippen molar-refractivity contribution in [2.45, 2.75) is 0 Å². The molecule has 0 aromatic heterocycles. The molecule has 5 N–H and O–H groups in total. The molecule has 0 heterocycles.